The Kier molecular flexibility index (Phi) is 3.54. The van der Waals surface area contributed by atoms with Crippen LogP contribution in [0.2, 0.25) is 0 Å². The van der Waals surface area contributed by atoms with E-state index in [2.05, 4.69) is 25.3 Å². The maximum atomic E-state index is 12.2. The molecule has 3 nitrogen and oxygen atoms in total. The van der Waals surface area contributed by atoms with E-state index in [1.165, 1.54) is 0 Å². The first kappa shape index (κ1) is 12.9. The van der Waals surface area contributed by atoms with Gasteiger partial charge in [-0.05, 0) is 36.4 Å². The topological polar surface area (TPSA) is 69.1 Å². The van der Waals surface area contributed by atoms with Crippen LogP contribution >= 0.6 is 25.3 Å². The van der Waals surface area contributed by atoms with Crippen LogP contribution in [0.5, 0.6) is 0 Å². The van der Waals surface area contributed by atoms with Gasteiger partial charge < -0.3 is 11.5 Å². The molecule has 0 aliphatic rings. The Balaban J connectivity index is 2.41. The molecule has 0 spiro atoms. The van der Waals surface area contributed by atoms with E-state index in [0.29, 0.717) is 32.3 Å². The van der Waals surface area contributed by atoms with E-state index in [1.807, 2.05) is 0 Å². The Morgan fingerprint density at radius 2 is 1.22 bits per heavy atom. The van der Waals surface area contributed by atoms with Gasteiger partial charge in [0.25, 0.3) is 0 Å². The zero-order chi connectivity index (χ0) is 13.3. The van der Waals surface area contributed by atoms with Crippen LogP contribution in [0.15, 0.2) is 46.2 Å². The summed E-state index contributed by atoms with van der Waals surface area (Å²) in [4.78, 5) is 13.4. The van der Waals surface area contributed by atoms with Gasteiger partial charge in [0.05, 0.1) is 0 Å². The molecule has 4 N–H and O–H groups in total. The van der Waals surface area contributed by atoms with Crippen LogP contribution in [-0.2, 0) is 0 Å². The van der Waals surface area contributed by atoms with Gasteiger partial charge in [0.1, 0.15) is 0 Å². The van der Waals surface area contributed by atoms with Crippen LogP contribution in [0.25, 0.3) is 0 Å². The summed E-state index contributed by atoms with van der Waals surface area (Å²) in [6.45, 7) is 0. The summed E-state index contributed by atoms with van der Waals surface area (Å²) in [5, 5.41) is 0. The van der Waals surface area contributed by atoms with Gasteiger partial charge in [0.2, 0.25) is 0 Å². The Labute approximate surface area is 116 Å². The van der Waals surface area contributed by atoms with E-state index in [0.717, 1.165) is 0 Å². The van der Waals surface area contributed by atoms with E-state index in [-0.39, 0.29) is 5.78 Å². The lowest BCUT2D eigenvalue weighted by molar-refractivity contribution is 0.103. The van der Waals surface area contributed by atoms with E-state index < -0.39 is 0 Å². The normalized spacial score (nSPS) is 10.3. The van der Waals surface area contributed by atoms with Crippen molar-refractivity contribution in [1.82, 2.24) is 0 Å². The van der Waals surface area contributed by atoms with Crippen molar-refractivity contribution in [2.75, 3.05) is 11.5 Å². The average Bonchev–Trinajstić information content (AvgIpc) is 2.35. The lowest BCUT2D eigenvalue weighted by atomic mass is 10.0. The fraction of sp³-hybridized carbons (Fsp3) is 0. The number of hydrogen-bond donors (Lipinski definition) is 4. The van der Waals surface area contributed by atoms with Crippen molar-refractivity contribution in [3.05, 3.63) is 47.5 Å². The molecule has 0 bridgehead atoms. The molecule has 0 fully saturated rings. The van der Waals surface area contributed by atoms with Crippen molar-refractivity contribution in [1.29, 1.82) is 0 Å². The molecule has 2 aromatic carbocycles. The first-order chi connectivity index (χ1) is 8.49. The number of carbonyl (C=O) groups excluding carboxylic acids is 1. The summed E-state index contributed by atoms with van der Waals surface area (Å²) >= 11 is 8.40. The lowest BCUT2D eigenvalue weighted by Crippen LogP contribution is -2.03. The van der Waals surface area contributed by atoms with Crippen molar-refractivity contribution in [3.8, 4) is 0 Å². The minimum atomic E-state index is -0.111. The summed E-state index contributed by atoms with van der Waals surface area (Å²) in [5.74, 6) is -0.111. The zero-order valence-electron chi connectivity index (χ0n) is 9.42. The highest BCUT2D eigenvalue weighted by Gasteiger charge is 2.11. The molecule has 18 heavy (non-hydrogen) atoms. The molecule has 0 heterocycles. The number of thiol groups is 2. The molecule has 2 aromatic rings. The fourth-order valence-electron chi connectivity index (χ4n) is 1.54. The molecular formula is C13H12N2OS2. The molecule has 0 saturated heterocycles. The smallest absolute Gasteiger partial charge is 0.193 e. The second kappa shape index (κ2) is 4.96. The summed E-state index contributed by atoms with van der Waals surface area (Å²) in [7, 11) is 0. The largest absolute Gasteiger partial charge is 0.398 e. The van der Waals surface area contributed by atoms with Gasteiger partial charge in [-0.3, -0.25) is 4.79 Å². The predicted octanol–water partition coefficient (Wildman–Crippen LogP) is 2.66. The SMILES string of the molecule is Nc1ccc(C(=O)c2ccc(N)c(S)c2)cc1S. The minimum absolute atomic E-state index is 0.111. The van der Waals surface area contributed by atoms with Crippen molar-refractivity contribution in [2.45, 2.75) is 9.79 Å². The predicted molar refractivity (Wildman–Crippen MR) is 79.6 cm³/mol. The van der Waals surface area contributed by atoms with Gasteiger partial charge in [-0.2, -0.15) is 0 Å². The Morgan fingerprint density at radius 1 is 0.833 bits per heavy atom. The first-order valence-corrected chi connectivity index (χ1v) is 6.10. The molecule has 0 amide bonds. The second-order valence-electron chi connectivity index (χ2n) is 3.88. The Hall–Kier alpha value is -1.59. The molecule has 0 aliphatic carbocycles. The second-order valence-corrected chi connectivity index (χ2v) is 4.84. The Bertz CT molecular complexity index is 573. The molecule has 0 aliphatic heterocycles. The molecular weight excluding hydrogens is 264 g/mol. The Morgan fingerprint density at radius 3 is 1.56 bits per heavy atom. The molecule has 92 valence electrons. The molecule has 2 rings (SSSR count). The van der Waals surface area contributed by atoms with Crippen molar-refractivity contribution in [3.63, 3.8) is 0 Å². The highest BCUT2D eigenvalue weighted by molar-refractivity contribution is 7.80. The minimum Gasteiger partial charge on any atom is -0.398 e. The number of benzene rings is 2. The maximum Gasteiger partial charge on any atom is 0.193 e. The number of rotatable bonds is 2. The zero-order valence-corrected chi connectivity index (χ0v) is 11.2. The number of hydrogen-bond acceptors (Lipinski definition) is 5. The summed E-state index contributed by atoms with van der Waals surface area (Å²) in [6, 6.07) is 9.96. The van der Waals surface area contributed by atoms with Gasteiger partial charge in [-0.15, -0.1) is 25.3 Å². The standard InChI is InChI=1S/C13H12N2OS2/c14-9-3-1-7(5-11(9)17)13(16)8-2-4-10(15)12(18)6-8/h1-6,17-18H,14-15H2. The van der Waals surface area contributed by atoms with Crippen LogP contribution < -0.4 is 11.5 Å². The van der Waals surface area contributed by atoms with Gasteiger partial charge in [0.15, 0.2) is 5.78 Å². The third kappa shape index (κ3) is 2.47. The number of nitrogen functional groups attached to an aromatic ring is 2. The van der Waals surface area contributed by atoms with E-state index in [4.69, 9.17) is 11.5 Å². The highest BCUT2D eigenvalue weighted by Crippen LogP contribution is 2.23. The van der Waals surface area contributed by atoms with Crippen LogP contribution in [-0.4, -0.2) is 5.78 Å². The van der Waals surface area contributed by atoms with Crippen LogP contribution in [0, 0.1) is 0 Å². The quantitative estimate of drug-likeness (QED) is 0.387. The fourth-order valence-corrected chi connectivity index (χ4v) is 1.96. The number of anilines is 2. The van der Waals surface area contributed by atoms with Gasteiger partial charge >= 0.3 is 0 Å². The number of ketones is 1. The molecule has 0 aromatic heterocycles. The first-order valence-electron chi connectivity index (χ1n) is 5.20. The summed E-state index contributed by atoms with van der Waals surface area (Å²) in [6.07, 6.45) is 0. The molecule has 0 saturated carbocycles. The summed E-state index contributed by atoms with van der Waals surface area (Å²) < 4.78 is 0. The van der Waals surface area contributed by atoms with Crippen LogP contribution in [0.1, 0.15) is 15.9 Å². The van der Waals surface area contributed by atoms with E-state index in [9.17, 15) is 4.79 Å². The third-order valence-electron chi connectivity index (χ3n) is 2.59. The molecule has 0 atom stereocenters. The number of carbonyl (C=O) groups is 1. The van der Waals surface area contributed by atoms with Crippen LogP contribution in [0.3, 0.4) is 0 Å². The van der Waals surface area contributed by atoms with Crippen molar-refractivity contribution in [2.24, 2.45) is 0 Å². The molecule has 0 unspecified atom stereocenters. The lowest BCUT2D eigenvalue weighted by Gasteiger charge is -2.06. The van der Waals surface area contributed by atoms with Crippen LogP contribution in [0.4, 0.5) is 11.4 Å². The molecule has 5 heteroatoms. The van der Waals surface area contributed by atoms with E-state index in [1.54, 1.807) is 36.4 Å². The van der Waals surface area contributed by atoms with Gasteiger partial charge in [-0.25, -0.2) is 0 Å². The van der Waals surface area contributed by atoms with Gasteiger partial charge in [0, 0.05) is 32.3 Å². The highest BCUT2D eigenvalue weighted by atomic mass is 32.1. The summed E-state index contributed by atoms with van der Waals surface area (Å²) in [5.41, 5.74) is 13.5. The monoisotopic (exact) mass is 276 g/mol. The maximum absolute atomic E-state index is 12.2. The van der Waals surface area contributed by atoms with Crippen molar-refractivity contribution >= 4 is 42.4 Å². The average molecular weight is 276 g/mol. The molecule has 0 radical (unpaired) electrons. The van der Waals surface area contributed by atoms with Crippen molar-refractivity contribution < 1.29 is 4.79 Å². The third-order valence-corrected chi connectivity index (χ3v) is 3.36. The van der Waals surface area contributed by atoms with E-state index >= 15 is 0 Å². The van der Waals surface area contributed by atoms with Gasteiger partial charge in [-0.1, -0.05) is 0 Å². The number of nitrogens with two attached hydrogens (primary N) is 2.